The molecule has 0 aliphatic carbocycles. The summed E-state index contributed by atoms with van der Waals surface area (Å²) in [7, 11) is -11.9. The first-order chi connectivity index (χ1) is 22.7. The topological polar surface area (TPSA) is 172 Å². The fraction of sp³-hybridized carbons (Fsp3) is 1.00. The number of unbranched alkanes of at least 4 members (excludes halogenated alkanes) is 27. The Hall–Kier alpha value is 1.50. The van der Waals surface area contributed by atoms with E-state index in [9.17, 15) is 38.9 Å². The largest absolute Gasteiger partial charge is 2.00 e. The molecule has 0 aromatic heterocycles. The van der Waals surface area contributed by atoms with Crippen LogP contribution in [0.15, 0.2) is 0 Å². The maximum atomic E-state index is 10.3. The van der Waals surface area contributed by atoms with Crippen LogP contribution in [0.4, 0.5) is 0 Å². The molecule has 0 unspecified atom stereocenters. The molecule has 0 heterocycles. The Bertz CT molecular complexity index is 842. The zero-order valence-corrected chi connectivity index (χ0v) is 38.8. The van der Waals surface area contributed by atoms with E-state index in [-0.39, 0.29) is 69.9 Å². The first kappa shape index (κ1) is 60.7. The third-order valence-corrected chi connectivity index (χ3v) is 10.6. The fourth-order valence-corrected chi connectivity index (χ4v) is 6.97. The van der Waals surface area contributed by atoms with E-state index in [4.69, 9.17) is 0 Å². The first-order valence-electron chi connectivity index (χ1n) is 19.5. The second-order valence-electron chi connectivity index (χ2n) is 13.3. The smallest absolute Gasteiger partial charge is 0.748 e. The van der Waals surface area contributed by atoms with Crippen molar-refractivity contribution in [2.75, 3.05) is 17.3 Å². The van der Waals surface area contributed by atoms with Gasteiger partial charge in [-0.2, -0.15) is 0 Å². The summed E-state index contributed by atoms with van der Waals surface area (Å²) < 4.78 is 92.8. The van der Waals surface area contributed by atoms with Crippen molar-refractivity contribution in [2.45, 2.75) is 213 Å². The average Bonchev–Trinajstić information content (AvgIpc) is 2.99. The summed E-state index contributed by atoms with van der Waals surface area (Å²) in [6, 6.07) is 0. The second-order valence-corrected chi connectivity index (χ2v) is 17.9. The van der Waals surface area contributed by atoms with Crippen molar-refractivity contribution >= 4 is 53.4 Å². The molecule has 14 heteroatoms. The van der Waals surface area contributed by atoms with E-state index >= 15 is 0 Å². The fourth-order valence-electron chi connectivity index (χ4n) is 5.30. The van der Waals surface area contributed by atoms with E-state index in [1.807, 2.05) is 0 Å². The molecule has 0 aromatic carbocycles. The summed E-state index contributed by atoms with van der Waals surface area (Å²) in [5.74, 6) is -0.573. The van der Waals surface area contributed by atoms with Gasteiger partial charge in [0.2, 0.25) is 0 Å². The SMILES string of the molecule is CCCCCCCCCCCCS(=O)(=O)[O-].CCCCCCCCCCCCS(=O)(=O)[O-].CCCCCCCCCCCCS(=O)(=O)[O-].[Mg+2].[Na+]. The number of hydrogen-bond donors (Lipinski definition) is 0. The Kier molecular flexibility index (Phi) is 54.5. The van der Waals surface area contributed by atoms with Gasteiger partial charge in [0.15, 0.2) is 0 Å². The maximum Gasteiger partial charge on any atom is 2.00 e. The minimum Gasteiger partial charge on any atom is -0.748 e. The molecule has 0 radical (unpaired) electrons. The molecular formula is C36H75MgNaO9S3. The maximum absolute atomic E-state index is 10.3. The van der Waals surface area contributed by atoms with Crippen LogP contribution < -0.4 is 29.6 Å². The standard InChI is InChI=1S/3C12H26O3S.Mg.Na/c3*1-2-3-4-5-6-7-8-9-10-11-12-16(13,14)15;;/h3*2-12H2,1H3,(H,13,14,15);;/q;;;+2;+1/p-3. The third-order valence-electron chi connectivity index (χ3n) is 8.24. The van der Waals surface area contributed by atoms with Crippen LogP contribution >= 0.6 is 0 Å². The van der Waals surface area contributed by atoms with Crippen molar-refractivity contribution in [1.82, 2.24) is 0 Å². The van der Waals surface area contributed by atoms with E-state index in [0.717, 1.165) is 38.5 Å². The summed E-state index contributed by atoms with van der Waals surface area (Å²) in [6.45, 7) is 6.64. The van der Waals surface area contributed by atoms with Crippen LogP contribution in [0.5, 0.6) is 0 Å². The number of rotatable bonds is 33. The summed E-state index contributed by atoms with van der Waals surface area (Å²) in [6.07, 6.45) is 34.3. The second kappa shape index (κ2) is 44.9. The minimum atomic E-state index is -3.98. The molecule has 0 rings (SSSR count). The molecule has 294 valence electrons. The minimum absolute atomic E-state index is 0. The van der Waals surface area contributed by atoms with Crippen LogP contribution in [0, 0.1) is 0 Å². The third kappa shape index (κ3) is 71.0. The molecule has 0 amide bonds. The summed E-state index contributed by atoms with van der Waals surface area (Å²) in [4.78, 5) is 0. The van der Waals surface area contributed by atoms with E-state index in [1.165, 1.54) is 135 Å². The average molecular weight is 795 g/mol. The van der Waals surface area contributed by atoms with E-state index < -0.39 is 30.4 Å². The van der Waals surface area contributed by atoms with Crippen LogP contribution in [0.1, 0.15) is 213 Å². The summed E-state index contributed by atoms with van der Waals surface area (Å²) in [5, 5.41) is 0. The van der Waals surface area contributed by atoms with Gasteiger partial charge in [0.05, 0.1) is 30.4 Å². The van der Waals surface area contributed by atoms with Crippen molar-refractivity contribution in [3.8, 4) is 0 Å². The number of hydrogen-bond acceptors (Lipinski definition) is 9. The molecule has 50 heavy (non-hydrogen) atoms. The molecule has 0 aliphatic rings. The first-order valence-corrected chi connectivity index (χ1v) is 24.2. The molecule has 0 spiro atoms. The summed E-state index contributed by atoms with van der Waals surface area (Å²) >= 11 is 0. The molecule has 0 saturated heterocycles. The molecule has 9 nitrogen and oxygen atoms in total. The van der Waals surface area contributed by atoms with Gasteiger partial charge in [-0.3, -0.25) is 0 Å². The normalized spacial score (nSPS) is 11.4. The van der Waals surface area contributed by atoms with Gasteiger partial charge in [-0.25, -0.2) is 25.3 Å². The molecule has 0 atom stereocenters. The van der Waals surface area contributed by atoms with Gasteiger partial charge in [0.25, 0.3) is 0 Å². The van der Waals surface area contributed by atoms with Crippen LogP contribution in [0.2, 0.25) is 0 Å². The molecule has 0 bridgehead atoms. The molecule has 0 saturated carbocycles. The predicted octanol–water partition coefficient (Wildman–Crippen LogP) is 6.98. The van der Waals surface area contributed by atoms with Gasteiger partial charge in [-0.15, -0.1) is 0 Å². The van der Waals surface area contributed by atoms with E-state index in [0.29, 0.717) is 19.3 Å². The Morgan fingerprint density at radius 3 is 0.520 bits per heavy atom. The molecule has 0 N–H and O–H groups in total. The van der Waals surface area contributed by atoms with Gasteiger partial charge in [-0.1, -0.05) is 194 Å². The van der Waals surface area contributed by atoms with Crippen LogP contribution in [-0.2, 0) is 30.4 Å². The Morgan fingerprint density at radius 1 is 0.280 bits per heavy atom. The van der Waals surface area contributed by atoms with Crippen LogP contribution in [0.25, 0.3) is 0 Å². The van der Waals surface area contributed by atoms with Crippen molar-refractivity contribution in [3.63, 3.8) is 0 Å². The van der Waals surface area contributed by atoms with E-state index in [2.05, 4.69) is 20.8 Å². The van der Waals surface area contributed by atoms with Crippen LogP contribution in [0.3, 0.4) is 0 Å². The summed E-state index contributed by atoms with van der Waals surface area (Å²) in [5.41, 5.74) is 0. The van der Waals surface area contributed by atoms with Crippen molar-refractivity contribution < 1.29 is 68.5 Å². The Morgan fingerprint density at radius 2 is 0.400 bits per heavy atom. The van der Waals surface area contributed by atoms with Gasteiger partial charge < -0.3 is 13.7 Å². The van der Waals surface area contributed by atoms with Gasteiger partial charge >= 0.3 is 52.6 Å². The molecular weight excluding hydrogens is 720 g/mol. The zero-order valence-electron chi connectivity index (χ0n) is 32.9. The van der Waals surface area contributed by atoms with Gasteiger partial charge in [0, 0.05) is 17.3 Å². The Labute approximate surface area is 349 Å². The quantitative estimate of drug-likeness (QED) is 0.0386. The molecule has 0 aromatic rings. The van der Waals surface area contributed by atoms with Crippen molar-refractivity contribution in [1.29, 1.82) is 0 Å². The molecule has 0 fully saturated rings. The van der Waals surface area contributed by atoms with Crippen LogP contribution in [-0.4, -0.2) is 79.2 Å². The predicted molar refractivity (Wildman–Crippen MR) is 205 cm³/mol. The van der Waals surface area contributed by atoms with Crippen molar-refractivity contribution in [3.05, 3.63) is 0 Å². The van der Waals surface area contributed by atoms with Gasteiger partial charge in [0.1, 0.15) is 0 Å². The Balaban J connectivity index is -0.000000199. The molecule has 0 aliphatic heterocycles. The zero-order chi connectivity index (χ0) is 36.8. The van der Waals surface area contributed by atoms with E-state index in [1.54, 1.807) is 0 Å². The monoisotopic (exact) mass is 794 g/mol. The van der Waals surface area contributed by atoms with Crippen molar-refractivity contribution in [2.24, 2.45) is 0 Å². The van der Waals surface area contributed by atoms with Gasteiger partial charge in [-0.05, 0) is 19.3 Å².